The molecule has 1 aromatic heterocycles. The Balaban J connectivity index is 1.66. The zero-order chi connectivity index (χ0) is 24.1. The van der Waals surface area contributed by atoms with Crippen molar-refractivity contribution in [2.45, 2.75) is 20.3 Å². The summed E-state index contributed by atoms with van der Waals surface area (Å²) in [5, 5.41) is 4.23. The SMILES string of the molecule is CCOc1ccccc1-n1c(-c2ccccc2)cc(C(=O)NCCc2ccc(Cl)cc2Cl)c1C. The van der Waals surface area contributed by atoms with Crippen LogP contribution < -0.4 is 10.1 Å². The smallest absolute Gasteiger partial charge is 0.253 e. The van der Waals surface area contributed by atoms with E-state index in [0.717, 1.165) is 34.0 Å². The molecule has 174 valence electrons. The van der Waals surface area contributed by atoms with Gasteiger partial charge in [0.05, 0.1) is 23.6 Å². The molecule has 0 spiro atoms. The van der Waals surface area contributed by atoms with E-state index in [0.29, 0.717) is 35.2 Å². The summed E-state index contributed by atoms with van der Waals surface area (Å²) in [7, 11) is 0. The van der Waals surface area contributed by atoms with E-state index in [1.54, 1.807) is 12.1 Å². The first-order valence-corrected chi connectivity index (χ1v) is 12.0. The minimum absolute atomic E-state index is 0.132. The zero-order valence-electron chi connectivity index (χ0n) is 19.1. The molecule has 1 N–H and O–H groups in total. The van der Waals surface area contributed by atoms with Crippen molar-refractivity contribution in [1.82, 2.24) is 9.88 Å². The molecule has 0 radical (unpaired) electrons. The average molecular weight is 493 g/mol. The topological polar surface area (TPSA) is 43.3 Å². The molecule has 0 fully saturated rings. The second kappa shape index (κ2) is 10.8. The predicted octanol–water partition coefficient (Wildman–Crippen LogP) is 7.13. The standard InChI is InChI=1S/C28H26Cl2N2O2/c1-3-34-27-12-8-7-11-25(27)32-19(2)23(18-26(32)21-9-5-4-6-10-21)28(33)31-16-15-20-13-14-22(29)17-24(20)30/h4-14,17-18H,3,15-16H2,1-2H3,(H,31,33). The number of halogens is 2. The molecule has 0 unspecified atom stereocenters. The van der Waals surface area contributed by atoms with Crippen molar-refractivity contribution in [3.05, 3.63) is 106 Å². The number of hydrogen-bond donors (Lipinski definition) is 1. The molecular weight excluding hydrogens is 467 g/mol. The van der Waals surface area contributed by atoms with Crippen LogP contribution in [0, 0.1) is 6.92 Å². The van der Waals surface area contributed by atoms with Crippen LogP contribution in [0.4, 0.5) is 0 Å². The van der Waals surface area contributed by atoms with Gasteiger partial charge < -0.3 is 14.6 Å². The normalized spacial score (nSPS) is 10.8. The number of nitrogens with one attached hydrogen (secondary N) is 1. The molecule has 1 heterocycles. The lowest BCUT2D eigenvalue weighted by Crippen LogP contribution is -2.26. The van der Waals surface area contributed by atoms with E-state index in [1.165, 1.54) is 0 Å². The van der Waals surface area contributed by atoms with Crippen LogP contribution in [-0.4, -0.2) is 23.6 Å². The van der Waals surface area contributed by atoms with Crippen molar-refractivity contribution in [2.75, 3.05) is 13.2 Å². The molecule has 0 saturated heterocycles. The minimum Gasteiger partial charge on any atom is -0.492 e. The Morgan fingerprint density at radius 1 is 0.971 bits per heavy atom. The molecule has 0 saturated carbocycles. The second-order valence-corrected chi connectivity index (χ2v) is 8.72. The van der Waals surface area contributed by atoms with Gasteiger partial charge in [0.1, 0.15) is 5.75 Å². The number of aromatic nitrogens is 1. The Morgan fingerprint density at radius 3 is 2.44 bits per heavy atom. The first kappa shape index (κ1) is 23.9. The van der Waals surface area contributed by atoms with E-state index in [2.05, 4.69) is 9.88 Å². The van der Waals surface area contributed by atoms with Crippen molar-refractivity contribution < 1.29 is 9.53 Å². The van der Waals surface area contributed by atoms with Gasteiger partial charge in [-0.05, 0) is 61.7 Å². The molecule has 0 aliphatic heterocycles. The third-order valence-corrected chi connectivity index (χ3v) is 6.25. The molecule has 0 aliphatic carbocycles. The maximum atomic E-state index is 13.2. The molecule has 0 bridgehead atoms. The fourth-order valence-electron chi connectivity index (χ4n) is 4.02. The highest BCUT2D eigenvalue weighted by atomic mass is 35.5. The van der Waals surface area contributed by atoms with E-state index in [4.69, 9.17) is 27.9 Å². The molecule has 4 rings (SSSR count). The van der Waals surface area contributed by atoms with Gasteiger partial charge >= 0.3 is 0 Å². The van der Waals surface area contributed by atoms with Crippen LogP contribution in [-0.2, 0) is 6.42 Å². The third kappa shape index (κ3) is 5.14. The molecule has 6 heteroatoms. The summed E-state index contributed by atoms with van der Waals surface area (Å²) in [6.07, 6.45) is 0.611. The number of carbonyl (C=O) groups excluding carboxylic acids is 1. The third-order valence-electron chi connectivity index (χ3n) is 5.66. The molecule has 0 atom stereocenters. The fourth-order valence-corrected chi connectivity index (χ4v) is 4.52. The van der Waals surface area contributed by atoms with Gasteiger partial charge in [-0.1, -0.05) is 71.7 Å². The van der Waals surface area contributed by atoms with Gasteiger partial charge in [0.15, 0.2) is 0 Å². The maximum absolute atomic E-state index is 13.2. The second-order valence-electron chi connectivity index (χ2n) is 7.87. The van der Waals surface area contributed by atoms with Crippen LogP contribution in [0.5, 0.6) is 5.75 Å². The van der Waals surface area contributed by atoms with Crippen LogP contribution >= 0.6 is 23.2 Å². The maximum Gasteiger partial charge on any atom is 0.253 e. The zero-order valence-corrected chi connectivity index (χ0v) is 20.7. The molecule has 4 aromatic rings. The summed E-state index contributed by atoms with van der Waals surface area (Å²) >= 11 is 12.3. The molecule has 4 nitrogen and oxygen atoms in total. The Hall–Kier alpha value is -3.21. The number of para-hydroxylation sites is 2. The van der Waals surface area contributed by atoms with E-state index in [-0.39, 0.29) is 5.91 Å². The Kier molecular flexibility index (Phi) is 7.61. The highest BCUT2D eigenvalue weighted by molar-refractivity contribution is 6.35. The first-order chi connectivity index (χ1) is 16.5. The van der Waals surface area contributed by atoms with Crippen molar-refractivity contribution in [3.63, 3.8) is 0 Å². The summed E-state index contributed by atoms with van der Waals surface area (Å²) in [5.41, 5.74) is 5.24. The lowest BCUT2D eigenvalue weighted by Gasteiger charge is -2.16. The summed E-state index contributed by atoms with van der Waals surface area (Å²) in [6, 6.07) is 25.3. The van der Waals surface area contributed by atoms with Crippen molar-refractivity contribution >= 4 is 29.1 Å². The number of benzene rings is 3. The van der Waals surface area contributed by atoms with Crippen LogP contribution in [0.2, 0.25) is 10.0 Å². The Labute approximate surface area is 210 Å². The van der Waals surface area contributed by atoms with Gasteiger partial charge in [-0.3, -0.25) is 4.79 Å². The lowest BCUT2D eigenvalue weighted by atomic mass is 10.1. The fraction of sp³-hybridized carbons (Fsp3) is 0.179. The minimum atomic E-state index is -0.132. The van der Waals surface area contributed by atoms with Gasteiger partial charge in [0, 0.05) is 22.3 Å². The van der Waals surface area contributed by atoms with Crippen LogP contribution in [0.3, 0.4) is 0 Å². The first-order valence-electron chi connectivity index (χ1n) is 11.2. The van der Waals surface area contributed by atoms with E-state index < -0.39 is 0 Å². The van der Waals surface area contributed by atoms with Crippen molar-refractivity contribution in [2.24, 2.45) is 0 Å². The van der Waals surface area contributed by atoms with Crippen LogP contribution in [0.25, 0.3) is 16.9 Å². The molecule has 3 aromatic carbocycles. The van der Waals surface area contributed by atoms with Gasteiger partial charge in [0.2, 0.25) is 0 Å². The summed E-state index contributed by atoms with van der Waals surface area (Å²) < 4.78 is 7.99. The summed E-state index contributed by atoms with van der Waals surface area (Å²) in [6.45, 7) is 4.93. The van der Waals surface area contributed by atoms with E-state index in [1.807, 2.05) is 80.6 Å². The van der Waals surface area contributed by atoms with Crippen molar-refractivity contribution in [3.8, 4) is 22.7 Å². The van der Waals surface area contributed by atoms with Gasteiger partial charge in [-0.15, -0.1) is 0 Å². The average Bonchev–Trinajstić information content (AvgIpc) is 3.18. The van der Waals surface area contributed by atoms with Crippen LogP contribution in [0.15, 0.2) is 78.9 Å². The predicted molar refractivity (Wildman–Crippen MR) is 140 cm³/mol. The number of carbonyl (C=O) groups is 1. The Bertz CT molecular complexity index is 1300. The number of nitrogens with zero attached hydrogens (tertiary/aromatic N) is 1. The Morgan fingerprint density at radius 2 is 1.71 bits per heavy atom. The number of amides is 1. The number of ether oxygens (including phenoxy) is 1. The molecule has 34 heavy (non-hydrogen) atoms. The van der Waals surface area contributed by atoms with E-state index in [9.17, 15) is 4.79 Å². The highest BCUT2D eigenvalue weighted by Gasteiger charge is 2.21. The largest absolute Gasteiger partial charge is 0.492 e. The van der Waals surface area contributed by atoms with Crippen LogP contribution in [0.1, 0.15) is 28.5 Å². The number of hydrogen-bond acceptors (Lipinski definition) is 2. The molecule has 0 aliphatic rings. The van der Waals surface area contributed by atoms with Gasteiger partial charge in [-0.25, -0.2) is 0 Å². The van der Waals surface area contributed by atoms with Gasteiger partial charge in [-0.2, -0.15) is 0 Å². The quantitative estimate of drug-likeness (QED) is 0.284. The monoisotopic (exact) mass is 492 g/mol. The summed E-state index contributed by atoms with van der Waals surface area (Å²) in [4.78, 5) is 13.2. The van der Waals surface area contributed by atoms with E-state index >= 15 is 0 Å². The van der Waals surface area contributed by atoms with Crippen molar-refractivity contribution in [1.29, 1.82) is 0 Å². The number of rotatable bonds is 8. The van der Waals surface area contributed by atoms with Gasteiger partial charge in [0.25, 0.3) is 5.91 Å². The molecular formula is C28H26Cl2N2O2. The highest BCUT2D eigenvalue weighted by Crippen LogP contribution is 2.33. The lowest BCUT2D eigenvalue weighted by molar-refractivity contribution is 0.0953. The summed E-state index contributed by atoms with van der Waals surface area (Å²) in [5.74, 6) is 0.637. The molecule has 1 amide bonds.